The number of rotatable bonds is 7. The smallest absolute Gasteiger partial charge is 0.280 e. The number of nitrogens with one attached hydrogen (secondary N) is 1. The molecule has 0 bridgehead atoms. The van der Waals surface area contributed by atoms with Gasteiger partial charge < -0.3 is 19.7 Å². The quantitative estimate of drug-likeness (QED) is 0.390. The molecule has 0 aromatic heterocycles. The predicted octanol–water partition coefficient (Wildman–Crippen LogP) is 3.07. The van der Waals surface area contributed by atoms with Gasteiger partial charge in [-0.3, -0.25) is 4.79 Å². The molecule has 0 saturated carbocycles. The summed E-state index contributed by atoms with van der Waals surface area (Å²) >= 11 is 5.74. The number of carbonyl (C=O) groups excluding carboxylic acids is 1. The Bertz CT molecular complexity index is 770. The van der Waals surface area contributed by atoms with Crippen molar-refractivity contribution in [2.24, 2.45) is 5.10 Å². The molecule has 0 heterocycles. The number of phenols is 2. The van der Waals surface area contributed by atoms with E-state index < -0.39 is 17.8 Å². The molecule has 0 aliphatic heterocycles. The molecule has 3 N–H and O–H groups in total. The summed E-state index contributed by atoms with van der Waals surface area (Å²) in [6, 6.07) is 9.58. The normalized spacial score (nSPS) is 12.0. The van der Waals surface area contributed by atoms with Gasteiger partial charge in [0.1, 0.15) is 11.5 Å². The molecule has 0 fully saturated rings. The lowest BCUT2D eigenvalue weighted by Crippen LogP contribution is -2.33. The highest BCUT2D eigenvalue weighted by Gasteiger charge is 2.14. The third kappa shape index (κ3) is 5.29. The van der Waals surface area contributed by atoms with Crippen LogP contribution in [-0.4, -0.2) is 35.0 Å². The first-order valence-corrected chi connectivity index (χ1v) is 8.22. The third-order valence-corrected chi connectivity index (χ3v) is 3.56. The Morgan fingerprint density at radius 1 is 1.27 bits per heavy atom. The molecule has 8 heteroatoms. The number of amides is 1. The summed E-state index contributed by atoms with van der Waals surface area (Å²) in [5, 5.41) is 22.6. The maximum Gasteiger partial charge on any atom is 0.280 e. The number of nitrogens with zero attached hydrogens (tertiary/aromatic N) is 1. The minimum atomic E-state index is -0.776. The highest BCUT2D eigenvalue weighted by atomic mass is 35.5. The number of benzene rings is 2. The van der Waals surface area contributed by atoms with Gasteiger partial charge in [-0.2, -0.15) is 5.10 Å². The van der Waals surface area contributed by atoms with E-state index in [0.29, 0.717) is 17.9 Å². The van der Waals surface area contributed by atoms with Crippen molar-refractivity contribution in [3.8, 4) is 23.0 Å². The van der Waals surface area contributed by atoms with Gasteiger partial charge in [0, 0.05) is 0 Å². The maximum atomic E-state index is 12.0. The summed E-state index contributed by atoms with van der Waals surface area (Å²) in [4.78, 5) is 12.0. The topological polar surface area (TPSA) is 100 Å². The van der Waals surface area contributed by atoms with Crippen LogP contribution in [0.15, 0.2) is 41.5 Å². The summed E-state index contributed by atoms with van der Waals surface area (Å²) in [6.45, 7) is 4.05. The van der Waals surface area contributed by atoms with E-state index in [1.165, 1.54) is 18.3 Å². The van der Waals surface area contributed by atoms with E-state index in [0.717, 1.165) is 5.75 Å². The molecular formula is C18H19ClN2O5. The Labute approximate surface area is 155 Å². The average Bonchev–Trinajstić information content (AvgIpc) is 2.61. The van der Waals surface area contributed by atoms with Gasteiger partial charge in [0.05, 0.1) is 17.8 Å². The van der Waals surface area contributed by atoms with E-state index >= 15 is 0 Å². The fraction of sp³-hybridized carbons (Fsp3) is 0.222. The molecule has 7 nitrogen and oxygen atoms in total. The number of carbonyl (C=O) groups is 1. The SMILES string of the molecule is CCOc1ccc(O[C@H](C)C(=O)N/N=C/c2cc(O)c(O)c(Cl)c2)cc1. The predicted molar refractivity (Wildman–Crippen MR) is 98.2 cm³/mol. The molecule has 2 aromatic carbocycles. The molecule has 2 aromatic rings. The van der Waals surface area contributed by atoms with Crippen LogP contribution in [0.4, 0.5) is 0 Å². The van der Waals surface area contributed by atoms with Gasteiger partial charge in [0.25, 0.3) is 5.91 Å². The van der Waals surface area contributed by atoms with Gasteiger partial charge in [0.2, 0.25) is 0 Å². The second kappa shape index (κ2) is 8.96. The van der Waals surface area contributed by atoms with E-state index in [1.807, 2.05) is 6.92 Å². The van der Waals surface area contributed by atoms with Crippen LogP contribution in [0.1, 0.15) is 19.4 Å². The Morgan fingerprint density at radius 2 is 1.92 bits per heavy atom. The summed E-state index contributed by atoms with van der Waals surface area (Å²) in [6.07, 6.45) is 0.508. The fourth-order valence-corrected chi connectivity index (χ4v) is 2.20. The number of halogens is 1. The summed E-state index contributed by atoms with van der Waals surface area (Å²) < 4.78 is 10.9. The Morgan fingerprint density at radius 3 is 2.54 bits per heavy atom. The number of aromatic hydroxyl groups is 2. The van der Waals surface area contributed by atoms with Gasteiger partial charge >= 0.3 is 0 Å². The monoisotopic (exact) mass is 378 g/mol. The van der Waals surface area contributed by atoms with Gasteiger partial charge in [0.15, 0.2) is 17.6 Å². The standard InChI is InChI=1S/C18H19ClN2O5/c1-3-25-13-4-6-14(7-5-13)26-11(2)18(24)21-20-10-12-8-15(19)17(23)16(22)9-12/h4-11,22-23H,3H2,1-2H3,(H,21,24)/b20-10+/t11-/m1/s1. The molecule has 0 radical (unpaired) electrons. The first kappa shape index (κ1) is 19.4. The second-order valence-corrected chi connectivity index (χ2v) is 5.68. The molecule has 0 spiro atoms. The molecule has 0 saturated heterocycles. The Hall–Kier alpha value is -2.93. The molecule has 0 aliphatic rings. The van der Waals surface area contributed by atoms with Gasteiger partial charge in [-0.05, 0) is 55.8 Å². The molecule has 0 aliphatic carbocycles. The average molecular weight is 379 g/mol. The molecule has 1 atom stereocenters. The molecule has 0 unspecified atom stereocenters. The van der Waals surface area contributed by atoms with Crippen LogP contribution in [0.25, 0.3) is 0 Å². The van der Waals surface area contributed by atoms with Gasteiger partial charge in [-0.15, -0.1) is 0 Å². The number of phenolic OH excluding ortho intramolecular Hbond substituents is 2. The van der Waals surface area contributed by atoms with Crippen molar-refractivity contribution in [1.82, 2.24) is 5.43 Å². The maximum absolute atomic E-state index is 12.0. The number of hydrazone groups is 1. The largest absolute Gasteiger partial charge is 0.504 e. The van der Waals surface area contributed by atoms with Gasteiger partial charge in [-0.1, -0.05) is 11.6 Å². The highest BCUT2D eigenvalue weighted by molar-refractivity contribution is 6.32. The Kier molecular flexibility index (Phi) is 6.68. The van der Waals surface area contributed by atoms with Crippen molar-refractivity contribution in [2.45, 2.75) is 20.0 Å². The van der Waals surface area contributed by atoms with Crippen LogP contribution in [0, 0.1) is 0 Å². The van der Waals surface area contributed by atoms with E-state index in [4.69, 9.17) is 21.1 Å². The van der Waals surface area contributed by atoms with Crippen molar-refractivity contribution in [1.29, 1.82) is 0 Å². The van der Waals surface area contributed by atoms with Crippen molar-refractivity contribution in [3.63, 3.8) is 0 Å². The van der Waals surface area contributed by atoms with Crippen LogP contribution in [0.2, 0.25) is 5.02 Å². The lowest BCUT2D eigenvalue weighted by Gasteiger charge is -2.13. The summed E-state index contributed by atoms with van der Waals surface area (Å²) in [5.41, 5.74) is 2.74. The molecule has 138 valence electrons. The summed E-state index contributed by atoms with van der Waals surface area (Å²) in [5.74, 6) is -0.000346. The molecule has 26 heavy (non-hydrogen) atoms. The van der Waals surface area contributed by atoms with Crippen molar-refractivity contribution in [2.75, 3.05) is 6.61 Å². The highest BCUT2D eigenvalue weighted by Crippen LogP contribution is 2.33. The van der Waals surface area contributed by atoms with Crippen molar-refractivity contribution < 1.29 is 24.5 Å². The fourth-order valence-electron chi connectivity index (χ4n) is 1.98. The van der Waals surface area contributed by atoms with Crippen LogP contribution in [-0.2, 0) is 4.79 Å². The van der Waals surface area contributed by atoms with Crippen LogP contribution in [0.3, 0.4) is 0 Å². The van der Waals surface area contributed by atoms with E-state index in [2.05, 4.69) is 10.5 Å². The number of hydrogen-bond donors (Lipinski definition) is 3. The molecule has 2 rings (SSSR count). The van der Waals surface area contributed by atoms with Crippen molar-refractivity contribution in [3.05, 3.63) is 47.0 Å². The van der Waals surface area contributed by atoms with E-state index in [1.54, 1.807) is 31.2 Å². The minimum Gasteiger partial charge on any atom is -0.504 e. The molecular weight excluding hydrogens is 360 g/mol. The second-order valence-electron chi connectivity index (χ2n) is 5.27. The van der Waals surface area contributed by atoms with Crippen LogP contribution >= 0.6 is 11.6 Å². The molecule has 1 amide bonds. The first-order chi connectivity index (χ1) is 12.4. The minimum absolute atomic E-state index is 0.0232. The van der Waals surface area contributed by atoms with Crippen LogP contribution in [0.5, 0.6) is 23.0 Å². The zero-order valence-corrected chi connectivity index (χ0v) is 15.0. The summed E-state index contributed by atoms with van der Waals surface area (Å²) in [7, 11) is 0. The third-order valence-electron chi connectivity index (χ3n) is 3.27. The van der Waals surface area contributed by atoms with Gasteiger partial charge in [-0.25, -0.2) is 5.43 Å². The number of hydrogen-bond acceptors (Lipinski definition) is 6. The zero-order chi connectivity index (χ0) is 19.1. The number of ether oxygens (including phenoxy) is 2. The lowest BCUT2D eigenvalue weighted by atomic mass is 10.2. The Balaban J connectivity index is 1.90. The zero-order valence-electron chi connectivity index (χ0n) is 14.3. The lowest BCUT2D eigenvalue weighted by molar-refractivity contribution is -0.127. The van der Waals surface area contributed by atoms with E-state index in [-0.39, 0.29) is 10.8 Å². The van der Waals surface area contributed by atoms with Crippen LogP contribution < -0.4 is 14.9 Å². The van der Waals surface area contributed by atoms with E-state index in [9.17, 15) is 15.0 Å². The first-order valence-electron chi connectivity index (χ1n) is 7.84. The van der Waals surface area contributed by atoms with Crippen molar-refractivity contribution >= 4 is 23.7 Å².